The van der Waals surface area contributed by atoms with Crippen molar-refractivity contribution in [1.29, 1.82) is 0 Å². The molecule has 1 rings (SSSR count). The molecule has 23 heavy (non-hydrogen) atoms. The van der Waals surface area contributed by atoms with Crippen LogP contribution >= 0.6 is 35.6 Å². The van der Waals surface area contributed by atoms with Crippen molar-refractivity contribution in [2.45, 2.75) is 20.3 Å². The number of esters is 1. The molecule has 0 radical (unpaired) electrons. The number of nitrogens with zero attached hydrogens (tertiary/aromatic N) is 2. The summed E-state index contributed by atoms with van der Waals surface area (Å²) in [5, 5.41) is 6.85. The van der Waals surface area contributed by atoms with E-state index in [0.717, 1.165) is 18.5 Å². The van der Waals surface area contributed by atoms with E-state index in [1.807, 2.05) is 13.0 Å². The van der Waals surface area contributed by atoms with E-state index in [2.05, 4.69) is 25.3 Å². The van der Waals surface area contributed by atoms with E-state index in [4.69, 9.17) is 11.6 Å². The quantitative estimate of drug-likeness (QED) is 0.217. The summed E-state index contributed by atoms with van der Waals surface area (Å²) in [7, 11) is 1.38. The molecule has 6 nitrogen and oxygen atoms in total. The van der Waals surface area contributed by atoms with Crippen molar-refractivity contribution < 1.29 is 9.53 Å². The van der Waals surface area contributed by atoms with Crippen LogP contribution in [-0.2, 0) is 16.0 Å². The maximum absolute atomic E-state index is 11.4. The maximum atomic E-state index is 11.4. The molecule has 0 spiro atoms. The molecule has 130 valence electrons. The highest BCUT2D eigenvalue weighted by Crippen LogP contribution is 2.05. The topological polar surface area (TPSA) is 75.6 Å². The van der Waals surface area contributed by atoms with Crippen molar-refractivity contribution in [1.82, 2.24) is 15.6 Å². The zero-order valence-electron chi connectivity index (χ0n) is 13.6. The molecule has 1 aromatic rings. The van der Waals surface area contributed by atoms with E-state index in [1.165, 1.54) is 7.11 Å². The lowest BCUT2D eigenvalue weighted by Crippen LogP contribution is -2.38. The van der Waals surface area contributed by atoms with Gasteiger partial charge in [0.1, 0.15) is 5.15 Å². The monoisotopic (exact) mass is 454 g/mol. The summed E-state index contributed by atoms with van der Waals surface area (Å²) in [5.41, 5.74) is 1.09. The van der Waals surface area contributed by atoms with Gasteiger partial charge in [0.2, 0.25) is 0 Å². The number of ether oxygens (including phenoxy) is 1. The fraction of sp³-hybridized carbons (Fsp3) is 0.533. The summed E-state index contributed by atoms with van der Waals surface area (Å²) in [6.45, 7) is 5.62. The van der Waals surface area contributed by atoms with Gasteiger partial charge < -0.3 is 15.4 Å². The van der Waals surface area contributed by atoms with Crippen LogP contribution in [0.5, 0.6) is 0 Å². The second kappa shape index (κ2) is 12.3. The molecule has 8 heteroatoms. The van der Waals surface area contributed by atoms with E-state index < -0.39 is 0 Å². The average Bonchev–Trinajstić information content (AvgIpc) is 2.53. The number of aromatic nitrogens is 1. The van der Waals surface area contributed by atoms with Crippen LogP contribution in [0.3, 0.4) is 0 Å². The standard InChI is InChI=1S/C15H23ClN4O2.HI/c1-4-17-15(20-9-11(2)14(21)22-3)18-8-7-12-5-6-13(16)19-10-12;/h5-6,10-11H,4,7-9H2,1-3H3,(H2,17,18,20);1H. The van der Waals surface area contributed by atoms with Gasteiger partial charge in [0.25, 0.3) is 0 Å². The zero-order valence-corrected chi connectivity index (χ0v) is 16.7. The Morgan fingerprint density at radius 1 is 1.43 bits per heavy atom. The molecule has 1 unspecified atom stereocenters. The van der Waals surface area contributed by atoms with Crippen LogP contribution in [0, 0.1) is 5.92 Å². The first-order chi connectivity index (χ1) is 10.6. The van der Waals surface area contributed by atoms with E-state index in [1.54, 1.807) is 19.2 Å². The Balaban J connectivity index is 0.00000484. The molecule has 0 saturated heterocycles. The van der Waals surface area contributed by atoms with E-state index in [0.29, 0.717) is 24.2 Å². The van der Waals surface area contributed by atoms with Crippen LogP contribution in [0.2, 0.25) is 5.15 Å². The first kappa shape index (κ1) is 21.9. The van der Waals surface area contributed by atoms with Crippen molar-refractivity contribution in [3.8, 4) is 0 Å². The van der Waals surface area contributed by atoms with Crippen LogP contribution in [0.1, 0.15) is 19.4 Å². The minimum absolute atomic E-state index is 0. The number of aliphatic imine (C=N–C) groups is 1. The summed E-state index contributed by atoms with van der Waals surface area (Å²) < 4.78 is 4.69. The fourth-order valence-electron chi connectivity index (χ4n) is 1.73. The molecule has 1 aromatic heterocycles. The molecule has 0 aliphatic rings. The van der Waals surface area contributed by atoms with Gasteiger partial charge in [-0.05, 0) is 25.0 Å². The van der Waals surface area contributed by atoms with Gasteiger partial charge in [-0.2, -0.15) is 0 Å². The Labute approximate surface area is 159 Å². The molecule has 1 heterocycles. The van der Waals surface area contributed by atoms with Gasteiger partial charge in [0.15, 0.2) is 5.96 Å². The third-order valence-corrected chi connectivity index (χ3v) is 3.19. The molecule has 0 amide bonds. The van der Waals surface area contributed by atoms with Gasteiger partial charge in [-0.3, -0.25) is 9.79 Å². The lowest BCUT2D eigenvalue weighted by molar-refractivity contribution is -0.144. The van der Waals surface area contributed by atoms with E-state index >= 15 is 0 Å². The Hall–Kier alpha value is -1.09. The molecular weight excluding hydrogens is 431 g/mol. The smallest absolute Gasteiger partial charge is 0.310 e. The van der Waals surface area contributed by atoms with E-state index in [9.17, 15) is 4.79 Å². The summed E-state index contributed by atoms with van der Waals surface area (Å²) in [4.78, 5) is 19.8. The summed E-state index contributed by atoms with van der Waals surface area (Å²) in [6, 6.07) is 3.72. The molecular formula is C15H24ClIN4O2. The zero-order chi connectivity index (χ0) is 16.4. The molecule has 0 bridgehead atoms. The summed E-state index contributed by atoms with van der Waals surface area (Å²) in [5.74, 6) is 0.160. The maximum Gasteiger partial charge on any atom is 0.310 e. The van der Waals surface area contributed by atoms with E-state index in [-0.39, 0.29) is 35.9 Å². The highest BCUT2D eigenvalue weighted by molar-refractivity contribution is 14.0. The number of methoxy groups -OCH3 is 1. The number of hydrogen-bond acceptors (Lipinski definition) is 4. The molecule has 0 aliphatic carbocycles. The Morgan fingerprint density at radius 2 is 2.17 bits per heavy atom. The second-order valence-corrected chi connectivity index (χ2v) is 5.20. The number of hydrogen-bond donors (Lipinski definition) is 2. The van der Waals surface area contributed by atoms with Crippen molar-refractivity contribution in [3.05, 3.63) is 29.0 Å². The predicted octanol–water partition coefficient (Wildman–Crippen LogP) is 2.26. The molecule has 1 atom stereocenters. The summed E-state index contributed by atoms with van der Waals surface area (Å²) in [6.07, 6.45) is 2.56. The Bertz CT molecular complexity index is 497. The highest BCUT2D eigenvalue weighted by Gasteiger charge is 2.12. The number of guanidine groups is 1. The number of nitrogens with one attached hydrogen (secondary N) is 2. The predicted molar refractivity (Wildman–Crippen MR) is 104 cm³/mol. The second-order valence-electron chi connectivity index (χ2n) is 4.81. The number of carbonyl (C=O) groups is 1. The Kier molecular flexibility index (Phi) is 11.8. The van der Waals surface area contributed by atoms with Crippen LogP contribution in [0.15, 0.2) is 23.3 Å². The number of pyridine rings is 1. The van der Waals surface area contributed by atoms with Crippen molar-refractivity contribution in [3.63, 3.8) is 0 Å². The number of rotatable bonds is 7. The van der Waals surface area contributed by atoms with Crippen molar-refractivity contribution >= 4 is 47.5 Å². The normalized spacial score (nSPS) is 12.1. The van der Waals surface area contributed by atoms with Crippen LogP contribution in [0.4, 0.5) is 0 Å². The minimum Gasteiger partial charge on any atom is -0.469 e. The van der Waals surface area contributed by atoms with Crippen molar-refractivity contribution in [2.75, 3.05) is 26.7 Å². The minimum atomic E-state index is -0.263. The SMILES string of the molecule is CCNC(=NCC(C)C(=O)OC)NCCc1ccc(Cl)nc1.I. The molecule has 0 fully saturated rings. The third kappa shape index (κ3) is 8.95. The third-order valence-electron chi connectivity index (χ3n) is 2.97. The highest BCUT2D eigenvalue weighted by atomic mass is 127. The van der Waals surface area contributed by atoms with Gasteiger partial charge >= 0.3 is 5.97 Å². The first-order valence-corrected chi connectivity index (χ1v) is 7.65. The van der Waals surface area contributed by atoms with Crippen LogP contribution in [0.25, 0.3) is 0 Å². The van der Waals surface area contributed by atoms with Gasteiger partial charge in [-0.25, -0.2) is 4.98 Å². The fourth-order valence-corrected chi connectivity index (χ4v) is 1.84. The Morgan fingerprint density at radius 3 is 2.74 bits per heavy atom. The van der Waals surface area contributed by atoms with Gasteiger partial charge in [-0.15, -0.1) is 24.0 Å². The van der Waals surface area contributed by atoms with Crippen LogP contribution < -0.4 is 10.6 Å². The largest absolute Gasteiger partial charge is 0.469 e. The number of halogens is 2. The molecule has 0 saturated carbocycles. The first-order valence-electron chi connectivity index (χ1n) is 7.27. The van der Waals surface area contributed by atoms with Crippen LogP contribution in [-0.4, -0.2) is 43.7 Å². The molecule has 0 aliphatic heterocycles. The lowest BCUT2D eigenvalue weighted by atomic mass is 10.2. The molecule has 0 aromatic carbocycles. The van der Waals surface area contributed by atoms with Gasteiger partial charge in [-0.1, -0.05) is 24.6 Å². The lowest BCUT2D eigenvalue weighted by Gasteiger charge is -2.12. The summed E-state index contributed by atoms with van der Waals surface area (Å²) >= 11 is 5.75. The van der Waals surface area contributed by atoms with Crippen molar-refractivity contribution in [2.24, 2.45) is 10.9 Å². The average molecular weight is 455 g/mol. The number of carbonyl (C=O) groups excluding carboxylic acids is 1. The van der Waals surface area contributed by atoms with Gasteiger partial charge in [0, 0.05) is 19.3 Å². The molecule has 2 N–H and O–H groups in total. The van der Waals surface area contributed by atoms with Gasteiger partial charge in [0.05, 0.1) is 19.6 Å².